The number of carbonyl (C=O) groups excluding carboxylic acids is 1. The number of carboxylic acids is 1. The summed E-state index contributed by atoms with van der Waals surface area (Å²) in [6.07, 6.45) is 1.76. The van der Waals surface area contributed by atoms with E-state index in [2.05, 4.69) is 6.58 Å². The molecule has 1 amide bonds. The molecule has 0 bridgehead atoms. The van der Waals surface area contributed by atoms with Crippen LogP contribution in [0.5, 0.6) is 0 Å². The fourth-order valence-electron chi connectivity index (χ4n) is 1.72. The van der Waals surface area contributed by atoms with Gasteiger partial charge in [-0.3, -0.25) is 4.79 Å². The summed E-state index contributed by atoms with van der Waals surface area (Å²) < 4.78 is 0. The van der Waals surface area contributed by atoms with E-state index in [1.165, 1.54) is 6.07 Å². The normalized spacial score (nSPS) is 9.83. The van der Waals surface area contributed by atoms with E-state index in [1.807, 2.05) is 6.92 Å². The molecule has 1 aromatic rings. The lowest BCUT2D eigenvalue weighted by Gasteiger charge is -2.19. The second-order valence-corrected chi connectivity index (χ2v) is 3.86. The van der Waals surface area contributed by atoms with Crippen LogP contribution in [0.4, 0.5) is 0 Å². The second-order valence-electron chi connectivity index (χ2n) is 3.86. The molecule has 0 aliphatic heterocycles. The lowest BCUT2D eigenvalue weighted by atomic mass is 10.0. The van der Waals surface area contributed by atoms with Crippen LogP contribution in [0.3, 0.4) is 0 Å². The predicted octanol–water partition coefficient (Wildman–Crippen LogP) is 1.96. The molecular weight excluding hydrogens is 230 g/mol. The third-order valence-electron chi connectivity index (χ3n) is 2.67. The Morgan fingerprint density at radius 3 is 2.61 bits per heavy atom. The van der Waals surface area contributed by atoms with Gasteiger partial charge >= 0.3 is 5.97 Å². The maximum Gasteiger partial charge on any atom is 0.335 e. The van der Waals surface area contributed by atoms with Gasteiger partial charge in [-0.05, 0) is 18.6 Å². The Kier molecular flexibility index (Phi) is 5.11. The Morgan fingerprint density at radius 1 is 1.39 bits per heavy atom. The van der Waals surface area contributed by atoms with Crippen LogP contribution in [-0.4, -0.2) is 35.0 Å². The number of likely N-dealkylation sites (N-methyl/N-ethyl adjacent to an activating group) is 1. The first-order valence-electron chi connectivity index (χ1n) is 5.80. The van der Waals surface area contributed by atoms with Gasteiger partial charge in [-0.1, -0.05) is 24.3 Å². The third-order valence-corrected chi connectivity index (χ3v) is 2.67. The number of rotatable bonds is 6. The molecule has 0 fully saturated rings. The molecule has 0 saturated heterocycles. The molecular formula is C14H17NO3. The fraction of sp³-hybridized carbons (Fsp3) is 0.286. The molecule has 0 saturated carbocycles. The number of nitrogens with zero attached hydrogens (tertiary/aromatic N) is 1. The minimum absolute atomic E-state index is 0.0916. The van der Waals surface area contributed by atoms with Crippen molar-refractivity contribution in [3.05, 3.63) is 48.0 Å². The van der Waals surface area contributed by atoms with Gasteiger partial charge in [0.15, 0.2) is 0 Å². The molecule has 4 heteroatoms. The number of hydrogen-bond acceptors (Lipinski definition) is 2. The number of amides is 1. The topological polar surface area (TPSA) is 57.6 Å². The summed E-state index contributed by atoms with van der Waals surface area (Å²) in [5.41, 5.74) is 0.720. The van der Waals surface area contributed by atoms with Crippen LogP contribution in [0, 0.1) is 0 Å². The van der Waals surface area contributed by atoms with Crippen molar-refractivity contribution in [2.75, 3.05) is 13.1 Å². The number of carbonyl (C=O) groups is 2. The van der Waals surface area contributed by atoms with Crippen molar-refractivity contribution < 1.29 is 14.7 Å². The van der Waals surface area contributed by atoms with E-state index in [0.717, 1.165) is 0 Å². The number of hydrogen-bond donors (Lipinski definition) is 1. The summed E-state index contributed by atoms with van der Waals surface area (Å²) in [5.74, 6) is -1.10. The molecule has 1 N–H and O–H groups in total. The summed E-state index contributed by atoms with van der Waals surface area (Å²) in [6, 6.07) is 6.56. The van der Waals surface area contributed by atoms with Crippen LogP contribution in [0.2, 0.25) is 0 Å². The monoisotopic (exact) mass is 247 g/mol. The van der Waals surface area contributed by atoms with Crippen LogP contribution in [0.1, 0.15) is 22.8 Å². The van der Waals surface area contributed by atoms with Gasteiger partial charge < -0.3 is 10.0 Å². The highest BCUT2D eigenvalue weighted by Crippen LogP contribution is 2.11. The summed E-state index contributed by atoms with van der Waals surface area (Å²) in [4.78, 5) is 24.7. The van der Waals surface area contributed by atoms with Gasteiger partial charge in [-0.2, -0.15) is 0 Å². The highest BCUT2D eigenvalue weighted by atomic mass is 16.4. The Balaban J connectivity index is 2.87. The fourth-order valence-corrected chi connectivity index (χ4v) is 1.72. The van der Waals surface area contributed by atoms with E-state index in [9.17, 15) is 9.59 Å². The molecule has 0 aliphatic carbocycles. The average molecular weight is 247 g/mol. The minimum Gasteiger partial charge on any atom is -0.478 e. The molecule has 0 spiro atoms. The maximum absolute atomic E-state index is 12.0. The first kappa shape index (κ1) is 14.0. The molecule has 0 heterocycles. The third kappa shape index (κ3) is 3.45. The van der Waals surface area contributed by atoms with Gasteiger partial charge in [-0.25, -0.2) is 4.79 Å². The van der Waals surface area contributed by atoms with Gasteiger partial charge in [0.2, 0.25) is 5.91 Å². The van der Waals surface area contributed by atoms with E-state index in [4.69, 9.17) is 5.11 Å². The smallest absolute Gasteiger partial charge is 0.335 e. The van der Waals surface area contributed by atoms with E-state index < -0.39 is 5.97 Å². The number of aromatic carboxylic acids is 1. The van der Waals surface area contributed by atoms with Gasteiger partial charge in [0.25, 0.3) is 0 Å². The van der Waals surface area contributed by atoms with E-state index in [1.54, 1.807) is 29.2 Å². The minimum atomic E-state index is -1.01. The van der Waals surface area contributed by atoms with Crippen molar-refractivity contribution in [3.63, 3.8) is 0 Å². The maximum atomic E-state index is 12.0. The molecule has 0 radical (unpaired) electrons. The quantitative estimate of drug-likeness (QED) is 0.782. The van der Waals surface area contributed by atoms with Crippen LogP contribution >= 0.6 is 0 Å². The zero-order valence-corrected chi connectivity index (χ0v) is 10.4. The first-order valence-corrected chi connectivity index (χ1v) is 5.80. The van der Waals surface area contributed by atoms with E-state index >= 15 is 0 Å². The van der Waals surface area contributed by atoms with Crippen molar-refractivity contribution in [1.29, 1.82) is 0 Å². The Labute approximate surface area is 107 Å². The molecule has 96 valence electrons. The second kappa shape index (κ2) is 6.59. The summed E-state index contributed by atoms with van der Waals surface area (Å²) in [5, 5.41) is 9.04. The van der Waals surface area contributed by atoms with Gasteiger partial charge in [0, 0.05) is 13.1 Å². The van der Waals surface area contributed by atoms with Gasteiger partial charge in [0.05, 0.1) is 12.0 Å². The van der Waals surface area contributed by atoms with Crippen molar-refractivity contribution in [2.45, 2.75) is 13.3 Å². The summed E-state index contributed by atoms with van der Waals surface area (Å²) in [7, 11) is 0. The summed E-state index contributed by atoms with van der Waals surface area (Å²) >= 11 is 0. The summed E-state index contributed by atoms with van der Waals surface area (Å²) in [6.45, 7) is 6.54. The van der Waals surface area contributed by atoms with Crippen LogP contribution in [0.25, 0.3) is 0 Å². The molecule has 4 nitrogen and oxygen atoms in total. The molecule has 0 aromatic heterocycles. The van der Waals surface area contributed by atoms with E-state index in [0.29, 0.717) is 18.7 Å². The molecule has 0 atom stereocenters. The molecule has 1 rings (SSSR count). The molecule has 0 unspecified atom stereocenters. The van der Waals surface area contributed by atoms with E-state index in [-0.39, 0.29) is 17.9 Å². The largest absolute Gasteiger partial charge is 0.478 e. The zero-order chi connectivity index (χ0) is 13.5. The lowest BCUT2D eigenvalue weighted by Crippen LogP contribution is -2.32. The van der Waals surface area contributed by atoms with Gasteiger partial charge in [0.1, 0.15) is 0 Å². The van der Waals surface area contributed by atoms with Crippen LogP contribution in [0.15, 0.2) is 36.9 Å². The molecule has 0 aliphatic rings. The van der Waals surface area contributed by atoms with Crippen molar-refractivity contribution >= 4 is 11.9 Å². The van der Waals surface area contributed by atoms with Crippen LogP contribution in [-0.2, 0) is 11.2 Å². The number of carboxylic acid groups (broad SMARTS) is 1. The highest BCUT2D eigenvalue weighted by molar-refractivity contribution is 5.91. The Hall–Kier alpha value is -2.10. The lowest BCUT2D eigenvalue weighted by molar-refractivity contribution is -0.129. The number of benzene rings is 1. The first-order chi connectivity index (χ1) is 8.60. The van der Waals surface area contributed by atoms with Crippen molar-refractivity contribution in [3.8, 4) is 0 Å². The van der Waals surface area contributed by atoms with Crippen LogP contribution < -0.4 is 0 Å². The Morgan fingerprint density at radius 2 is 2.06 bits per heavy atom. The SMILES string of the molecule is C=CCN(CC)C(=O)Cc1ccccc1C(=O)O. The Bertz CT molecular complexity index is 454. The van der Waals surface area contributed by atoms with Gasteiger partial charge in [-0.15, -0.1) is 6.58 Å². The molecule has 18 heavy (non-hydrogen) atoms. The van der Waals surface area contributed by atoms with Crippen molar-refractivity contribution in [2.24, 2.45) is 0 Å². The highest BCUT2D eigenvalue weighted by Gasteiger charge is 2.15. The zero-order valence-electron chi connectivity index (χ0n) is 10.4. The van der Waals surface area contributed by atoms with Crippen molar-refractivity contribution in [1.82, 2.24) is 4.90 Å². The average Bonchev–Trinajstić information content (AvgIpc) is 2.36. The predicted molar refractivity (Wildman–Crippen MR) is 69.6 cm³/mol. The molecule has 1 aromatic carbocycles. The standard InChI is InChI=1S/C14H17NO3/c1-3-9-15(4-2)13(16)10-11-7-5-6-8-12(11)14(17)18/h3,5-8H,1,4,9-10H2,2H3,(H,17,18).